The predicted octanol–water partition coefficient (Wildman–Crippen LogP) is 3.71. The van der Waals surface area contributed by atoms with Gasteiger partial charge in [0.2, 0.25) is 0 Å². The Kier molecular flexibility index (Phi) is 6.04. The molecule has 0 radical (unpaired) electrons. The van der Waals surface area contributed by atoms with E-state index in [1.165, 1.54) is 0 Å². The summed E-state index contributed by atoms with van der Waals surface area (Å²) in [6.45, 7) is 0.485. The largest absolute Gasteiger partial charge is 0.493 e. The molecular formula is C24H29N3O3. The molecule has 6 heteroatoms. The fourth-order valence-corrected chi connectivity index (χ4v) is 4.17. The summed E-state index contributed by atoms with van der Waals surface area (Å²) in [5.74, 6) is 1.24. The second-order valence-corrected chi connectivity index (χ2v) is 8.20. The highest BCUT2D eigenvalue weighted by Crippen LogP contribution is 2.34. The van der Waals surface area contributed by atoms with Crippen LogP contribution in [0.5, 0.6) is 11.5 Å². The van der Waals surface area contributed by atoms with Gasteiger partial charge in [0.05, 0.1) is 37.0 Å². The van der Waals surface area contributed by atoms with Crippen LogP contribution < -0.4 is 15.0 Å². The lowest BCUT2D eigenvalue weighted by Crippen LogP contribution is -2.35. The second-order valence-electron chi connectivity index (χ2n) is 8.20. The van der Waals surface area contributed by atoms with Crippen LogP contribution in [0.25, 0.3) is 10.9 Å². The fourth-order valence-electron chi connectivity index (χ4n) is 4.17. The molecule has 0 bridgehead atoms. The molecule has 1 fully saturated rings. The quantitative estimate of drug-likeness (QED) is 0.624. The van der Waals surface area contributed by atoms with Gasteiger partial charge in [-0.1, -0.05) is 30.3 Å². The van der Waals surface area contributed by atoms with Crippen LogP contribution in [0.1, 0.15) is 31.2 Å². The summed E-state index contributed by atoms with van der Waals surface area (Å²) in [5.41, 5.74) is 1.60. The molecule has 0 atom stereocenters. The van der Waals surface area contributed by atoms with Crippen LogP contribution >= 0.6 is 0 Å². The van der Waals surface area contributed by atoms with E-state index < -0.39 is 0 Å². The summed E-state index contributed by atoms with van der Waals surface area (Å²) in [6.07, 6.45) is 5.94. The van der Waals surface area contributed by atoms with Crippen molar-refractivity contribution in [2.45, 2.75) is 44.4 Å². The number of fused-ring (bicyclic) bond motifs is 1. The van der Waals surface area contributed by atoms with Crippen molar-refractivity contribution < 1.29 is 9.47 Å². The summed E-state index contributed by atoms with van der Waals surface area (Å²) in [5, 5.41) is 0.547. The van der Waals surface area contributed by atoms with Gasteiger partial charge in [-0.05, 0) is 51.4 Å². The molecule has 1 heterocycles. The lowest BCUT2D eigenvalue weighted by molar-refractivity contribution is 0.108. The van der Waals surface area contributed by atoms with Crippen LogP contribution in [-0.2, 0) is 6.54 Å². The Morgan fingerprint density at radius 3 is 2.47 bits per heavy atom. The Morgan fingerprint density at radius 2 is 1.80 bits per heavy atom. The Labute approximate surface area is 177 Å². The fraction of sp³-hybridized carbons (Fsp3) is 0.417. The predicted molar refractivity (Wildman–Crippen MR) is 118 cm³/mol. The third-order valence-electron chi connectivity index (χ3n) is 5.97. The number of benzene rings is 2. The van der Waals surface area contributed by atoms with Crippen LogP contribution in [0, 0.1) is 0 Å². The minimum atomic E-state index is -0.0762. The van der Waals surface area contributed by atoms with Crippen molar-refractivity contribution >= 4 is 10.9 Å². The lowest BCUT2D eigenvalue weighted by atomic mass is 9.92. The first-order chi connectivity index (χ1) is 14.5. The van der Waals surface area contributed by atoms with Crippen molar-refractivity contribution in [2.75, 3.05) is 21.2 Å². The number of rotatable bonds is 6. The van der Waals surface area contributed by atoms with Crippen molar-refractivity contribution in [3.05, 3.63) is 64.7 Å². The van der Waals surface area contributed by atoms with Crippen LogP contribution in [0.3, 0.4) is 0 Å². The van der Waals surface area contributed by atoms with Gasteiger partial charge in [0.15, 0.2) is 11.5 Å². The molecule has 1 aliphatic rings. The van der Waals surface area contributed by atoms with E-state index in [0.29, 0.717) is 35.0 Å². The van der Waals surface area contributed by atoms with E-state index >= 15 is 0 Å². The zero-order valence-electron chi connectivity index (χ0n) is 17.9. The molecule has 1 aliphatic carbocycles. The molecule has 0 unspecified atom stereocenters. The molecule has 158 valence electrons. The van der Waals surface area contributed by atoms with E-state index in [4.69, 9.17) is 9.47 Å². The third kappa shape index (κ3) is 4.33. The van der Waals surface area contributed by atoms with Crippen LogP contribution in [0.2, 0.25) is 0 Å². The van der Waals surface area contributed by atoms with Gasteiger partial charge in [-0.25, -0.2) is 4.98 Å². The average Bonchev–Trinajstić information content (AvgIpc) is 2.77. The highest BCUT2D eigenvalue weighted by Gasteiger charge is 2.25. The van der Waals surface area contributed by atoms with Gasteiger partial charge < -0.3 is 14.4 Å². The SMILES string of the molecule is COc1cc2ncn(Cc3ccccc3)c(=O)c2cc1OC1CCC(N(C)C)CC1. The third-order valence-corrected chi connectivity index (χ3v) is 5.97. The Balaban J connectivity index is 1.61. The van der Waals surface area contributed by atoms with Crippen LogP contribution in [-0.4, -0.2) is 47.8 Å². The summed E-state index contributed by atoms with van der Waals surface area (Å²) < 4.78 is 13.5. The molecule has 6 nitrogen and oxygen atoms in total. The van der Waals surface area contributed by atoms with Crippen molar-refractivity contribution in [3.63, 3.8) is 0 Å². The number of aromatic nitrogens is 2. The molecule has 3 aromatic rings. The normalized spacial score (nSPS) is 19.2. The van der Waals surface area contributed by atoms with Crippen molar-refractivity contribution in [1.29, 1.82) is 0 Å². The molecule has 2 aromatic carbocycles. The van der Waals surface area contributed by atoms with Crippen molar-refractivity contribution in [3.8, 4) is 11.5 Å². The molecule has 1 aromatic heterocycles. The van der Waals surface area contributed by atoms with E-state index in [2.05, 4.69) is 24.0 Å². The van der Waals surface area contributed by atoms with Gasteiger partial charge >= 0.3 is 0 Å². The maximum Gasteiger partial charge on any atom is 0.261 e. The van der Waals surface area contributed by atoms with Crippen molar-refractivity contribution in [2.24, 2.45) is 0 Å². The highest BCUT2D eigenvalue weighted by molar-refractivity contribution is 5.81. The molecule has 30 heavy (non-hydrogen) atoms. The standard InChI is InChI=1S/C24H29N3O3/c1-26(2)18-9-11-19(12-10-18)30-23-13-20-21(14-22(23)29-3)25-16-27(24(20)28)15-17-7-5-4-6-8-17/h4-8,13-14,16,18-19H,9-12,15H2,1-3H3. The summed E-state index contributed by atoms with van der Waals surface area (Å²) in [6, 6.07) is 14.1. The van der Waals surface area contributed by atoms with E-state index in [9.17, 15) is 4.79 Å². The van der Waals surface area contributed by atoms with E-state index in [1.807, 2.05) is 30.3 Å². The summed E-state index contributed by atoms with van der Waals surface area (Å²) >= 11 is 0. The van der Waals surface area contributed by atoms with Gasteiger partial charge in [0, 0.05) is 12.1 Å². The lowest BCUT2D eigenvalue weighted by Gasteiger charge is -2.33. The first-order valence-electron chi connectivity index (χ1n) is 10.5. The number of methoxy groups -OCH3 is 1. The maximum absolute atomic E-state index is 13.1. The van der Waals surface area contributed by atoms with E-state index in [-0.39, 0.29) is 11.7 Å². The van der Waals surface area contributed by atoms with Gasteiger partial charge in [0.1, 0.15) is 0 Å². The van der Waals surface area contributed by atoms with E-state index in [0.717, 1.165) is 31.2 Å². The highest BCUT2D eigenvalue weighted by atomic mass is 16.5. The Morgan fingerprint density at radius 1 is 1.07 bits per heavy atom. The number of hydrogen-bond donors (Lipinski definition) is 0. The maximum atomic E-state index is 13.1. The molecule has 0 saturated heterocycles. The van der Waals surface area contributed by atoms with Gasteiger partial charge in [-0.15, -0.1) is 0 Å². The first-order valence-corrected chi connectivity index (χ1v) is 10.5. The zero-order valence-corrected chi connectivity index (χ0v) is 17.9. The zero-order chi connectivity index (χ0) is 21.1. The van der Waals surface area contributed by atoms with Gasteiger partial charge in [-0.2, -0.15) is 0 Å². The molecule has 1 saturated carbocycles. The number of hydrogen-bond acceptors (Lipinski definition) is 5. The van der Waals surface area contributed by atoms with E-state index in [1.54, 1.807) is 30.1 Å². The van der Waals surface area contributed by atoms with Gasteiger partial charge in [-0.3, -0.25) is 9.36 Å². The minimum absolute atomic E-state index is 0.0762. The molecule has 0 spiro atoms. The smallest absolute Gasteiger partial charge is 0.261 e. The second kappa shape index (κ2) is 8.88. The molecule has 0 amide bonds. The van der Waals surface area contributed by atoms with Crippen LogP contribution in [0.15, 0.2) is 53.6 Å². The minimum Gasteiger partial charge on any atom is -0.493 e. The first kappa shape index (κ1) is 20.4. The monoisotopic (exact) mass is 407 g/mol. The summed E-state index contributed by atoms with van der Waals surface area (Å²) in [7, 11) is 5.88. The topological polar surface area (TPSA) is 56.6 Å². The van der Waals surface area contributed by atoms with Crippen molar-refractivity contribution in [1.82, 2.24) is 14.5 Å². The Hall–Kier alpha value is -2.86. The molecule has 0 N–H and O–H groups in total. The average molecular weight is 408 g/mol. The number of nitrogens with zero attached hydrogens (tertiary/aromatic N) is 3. The summed E-state index contributed by atoms with van der Waals surface area (Å²) in [4.78, 5) is 19.9. The van der Waals surface area contributed by atoms with Gasteiger partial charge in [0.25, 0.3) is 5.56 Å². The number of ether oxygens (including phenoxy) is 2. The Bertz CT molecular complexity index is 1050. The van der Waals surface area contributed by atoms with Crippen LogP contribution in [0.4, 0.5) is 0 Å². The molecule has 0 aliphatic heterocycles. The molecular weight excluding hydrogens is 378 g/mol. The molecule has 4 rings (SSSR count).